The van der Waals surface area contributed by atoms with Crippen LogP contribution in [0.15, 0.2) is 29.2 Å². The maximum atomic E-state index is 12.9. The van der Waals surface area contributed by atoms with Gasteiger partial charge < -0.3 is 5.73 Å². The van der Waals surface area contributed by atoms with Crippen molar-refractivity contribution in [1.29, 1.82) is 0 Å². The van der Waals surface area contributed by atoms with E-state index in [1.165, 1.54) is 6.07 Å². The molecule has 2 atom stereocenters. The third kappa shape index (κ3) is 2.93. The lowest BCUT2D eigenvalue weighted by atomic mass is 9.64. The molecule has 8 heteroatoms. The highest BCUT2D eigenvalue weighted by molar-refractivity contribution is 7.89. The van der Waals surface area contributed by atoms with E-state index in [0.717, 1.165) is 18.2 Å². The van der Waals surface area contributed by atoms with Crippen molar-refractivity contribution in [3.8, 4) is 0 Å². The molecular formula is C13H17F3N2O2S. The number of nitrogens with two attached hydrogens (primary N) is 1. The van der Waals surface area contributed by atoms with Gasteiger partial charge in [-0.15, -0.1) is 0 Å². The molecule has 2 rings (SSSR count). The van der Waals surface area contributed by atoms with Gasteiger partial charge in [-0.05, 0) is 24.0 Å². The lowest BCUT2D eigenvalue weighted by Crippen LogP contribution is -2.64. The van der Waals surface area contributed by atoms with Crippen LogP contribution in [0.4, 0.5) is 13.2 Å². The number of hydrogen-bond donors (Lipinski definition) is 2. The zero-order valence-electron chi connectivity index (χ0n) is 11.6. The lowest BCUT2D eigenvalue weighted by Gasteiger charge is -2.50. The second kappa shape index (κ2) is 4.96. The number of halogens is 3. The van der Waals surface area contributed by atoms with Gasteiger partial charge in [-0.25, -0.2) is 13.1 Å². The zero-order valence-corrected chi connectivity index (χ0v) is 12.4. The lowest BCUT2D eigenvalue weighted by molar-refractivity contribution is -0.139. The van der Waals surface area contributed by atoms with Crippen LogP contribution in [0.5, 0.6) is 0 Å². The zero-order chi connectivity index (χ0) is 16.1. The molecule has 0 radical (unpaired) electrons. The molecule has 1 saturated carbocycles. The number of alkyl halides is 3. The van der Waals surface area contributed by atoms with E-state index < -0.39 is 38.1 Å². The third-order valence-corrected chi connectivity index (χ3v) is 5.65. The summed E-state index contributed by atoms with van der Waals surface area (Å²) < 4.78 is 65.6. The van der Waals surface area contributed by atoms with Gasteiger partial charge in [-0.1, -0.05) is 26.0 Å². The fourth-order valence-electron chi connectivity index (χ4n) is 2.35. The number of sulfonamides is 1. The van der Waals surface area contributed by atoms with E-state index in [4.69, 9.17) is 5.73 Å². The Morgan fingerprint density at radius 2 is 1.86 bits per heavy atom. The molecular weight excluding hydrogens is 305 g/mol. The molecule has 1 fully saturated rings. The van der Waals surface area contributed by atoms with Crippen LogP contribution < -0.4 is 10.5 Å². The fourth-order valence-corrected chi connectivity index (χ4v) is 3.98. The topological polar surface area (TPSA) is 72.2 Å². The van der Waals surface area contributed by atoms with Crippen molar-refractivity contribution in [2.75, 3.05) is 0 Å². The van der Waals surface area contributed by atoms with Crippen LogP contribution in [-0.2, 0) is 16.2 Å². The Morgan fingerprint density at radius 3 is 2.33 bits per heavy atom. The summed E-state index contributed by atoms with van der Waals surface area (Å²) in [5.74, 6) is 0. The summed E-state index contributed by atoms with van der Waals surface area (Å²) >= 11 is 0. The summed E-state index contributed by atoms with van der Waals surface area (Å²) in [6.45, 7) is 3.56. The largest absolute Gasteiger partial charge is 0.417 e. The van der Waals surface area contributed by atoms with Crippen molar-refractivity contribution in [3.63, 3.8) is 0 Å². The summed E-state index contributed by atoms with van der Waals surface area (Å²) in [7, 11) is -4.25. The summed E-state index contributed by atoms with van der Waals surface area (Å²) in [6.07, 6.45) is -4.32. The predicted molar refractivity (Wildman–Crippen MR) is 71.9 cm³/mol. The normalized spacial score (nSPS) is 25.4. The molecule has 0 spiro atoms. The average Bonchev–Trinajstić information content (AvgIpc) is 2.37. The van der Waals surface area contributed by atoms with Crippen molar-refractivity contribution < 1.29 is 21.6 Å². The van der Waals surface area contributed by atoms with Gasteiger partial charge >= 0.3 is 6.18 Å². The van der Waals surface area contributed by atoms with E-state index in [2.05, 4.69) is 4.72 Å². The third-order valence-electron chi connectivity index (χ3n) is 4.12. The van der Waals surface area contributed by atoms with Crippen LogP contribution in [0.25, 0.3) is 0 Å². The minimum absolute atomic E-state index is 0.178. The van der Waals surface area contributed by atoms with Crippen LogP contribution in [0, 0.1) is 5.41 Å². The first-order chi connectivity index (χ1) is 9.46. The Hall–Kier alpha value is -1.12. The molecule has 4 nitrogen and oxygen atoms in total. The van der Waals surface area contributed by atoms with Gasteiger partial charge in [0, 0.05) is 12.1 Å². The molecule has 2 unspecified atom stereocenters. The molecule has 0 heterocycles. The molecule has 1 aromatic rings. The van der Waals surface area contributed by atoms with Crippen LogP contribution >= 0.6 is 0 Å². The fraction of sp³-hybridized carbons (Fsp3) is 0.538. The average molecular weight is 322 g/mol. The molecule has 0 amide bonds. The number of hydrogen-bond acceptors (Lipinski definition) is 3. The SMILES string of the molecule is CC1(C)C(N)CC1NS(=O)(=O)c1ccccc1C(F)(F)F. The van der Waals surface area contributed by atoms with Gasteiger partial charge in [-0.3, -0.25) is 0 Å². The Labute approximate surface area is 121 Å². The number of nitrogens with one attached hydrogen (secondary N) is 1. The van der Waals surface area contributed by atoms with E-state index in [1.807, 2.05) is 0 Å². The van der Waals surface area contributed by atoms with Crippen LogP contribution in [0.1, 0.15) is 25.8 Å². The molecule has 0 saturated heterocycles. The van der Waals surface area contributed by atoms with Crippen molar-refractivity contribution in [3.05, 3.63) is 29.8 Å². The maximum Gasteiger partial charge on any atom is 0.417 e. The monoisotopic (exact) mass is 322 g/mol. The molecule has 0 aliphatic heterocycles. The van der Waals surface area contributed by atoms with Gasteiger partial charge in [0.1, 0.15) is 0 Å². The van der Waals surface area contributed by atoms with E-state index in [9.17, 15) is 21.6 Å². The van der Waals surface area contributed by atoms with E-state index in [1.54, 1.807) is 13.8 Å². The Morgan fingerprint density at radius 1 is 1.29 bits per heavy atom. The minimum Gasteiger partial charge on any atom is -0.327 e. The molecule has 21 heavy (non-hydrogen) atoms. The summed E-state index contributed by atoms with van der Waals surface area (Å²) in [6, 6.07) is 3.48. The van der Waals surface area contributed by atoms with Gasteiger partial charge in [0.05, 0.1) is 10.5 Å². The number of benzene rings is 1. The smallest absolute Gasteiger partial charge is 0.327 e. The first-order valence-corrected chi connectivity index (χ1v) is 7.88. The molecule has 3 N–H and O–H groups in total. The van der Waals surface area contributed by atoms with Crippen molar-refractivity contribution in [2.45, 2.75) is 43.4 Å². The molecule has 118 valence electrons. The van der Waals surface area contributed by atoms with Gasteiger partial charge in [-0.2, -0.15) is 13.2 Å². The van der Waals surface area contributed by atoms with E-state index >= 15 is 0 Å². The van der Waals surface area contributed by atoms with Crippen molar-refractivity contribution in [2.24, 2.45) is 11.1 Å². The first-order valence-electron chi connectivity index (χ1n) is 6.40. The highest BCUT2D eigenvalue weighted by Crippen LogP contribution is 2.40. The second-order valence-corrected chi connectivity index (χ2v) is 7.51. The van der Waals surface area contributed by atoms with Gasteiger partial charge in [0.25, 0.3) is 0 Å². The van der Waals surface area contributed by atoms with Crippen LogP contribution in [0.3, 0.4) is 0 Å². The molecule has 1 aliphatic rings. The molecule has 1 aliphatic carbocycles. The summed E-state index contributed by atoms with van der Waals surface area (Å²) in [5.41, 5.74) is 4.14. The maximum absolute atomic E-state index is 12.9. The minimum atomic E-state index is -4.73. The Kier molecular flexibility index (Phi) is 3.84. The first kappa shape index (κ1) is 16.3. The second-order valence-electron chi connectivity index (χ2n) is 5.83. The highest BCUT2D eigenvalue weighted by Gasteiger charge is 2.48. The summed E-state index contributed by atoms with van der Waals surface area (Å²) in [5, 5.41) is 0. The molecule has 0 aromatic heterocycles. The number of rotatable bonds is 3. The van der Waals surface area contributed by atoms with E-state index in [0.29, 0.717) is 6.42 Å². The standard InChI is InChI=1S/C13H17F3N2O2S/c1-12(2)10(17)7-11(12)18-21(19,20)9-6-4-3-5-8(9)13(14,15)16/h3-6,10-11,18H,7,17H2,1-2H3. The Bertz CT molecular complexity index is 641. The van der Waals surface area contributed by atoms with Crippen LogP contribution in [0.2, 0.25) is 0 Å². The van der Waals surface area contributed by atoms with E-state index in [-0.39, 0.29) is 6.04 Å². The van der Waals surface area contributed by atoms with Gasteiger partial charge in [0.15, 0.2) is 0 Å². The highest BCUT2D eigenvalue weighted by atomic mass is 32.2. The summed E-state index contributed by atoms with van der Waals surface area (Å²) in [4.78, 5) is -0.756. The Balaban J connectivity index is 2.34. The molecule has 1 aromatic carbocycles. The quantitative estimate of drug-likeness (QED) is 0.895. The molecule has 0 bridgehead atoms. The van der Waals surface area contributed by atoms with Gasteiger partial charge in [0.2, 0.25) is 10.0 Å². The predicted octanol–water partition coefficient (Wildman–Crippen LogP) is 2.11. The van der Waals surface area contributed by atoms with Crippen LogP contribution in [-0.4, -0.2) is 20.5 Å². The van der Waals surface area contributed by atoms with Crippen molar-refractivity contribution >= 4 is 10.0 Å². The van der Waals surface area contributed by atoms with Crippen molar-refractivity contribution in [1.82, 2.24) is 4.72 Å².